The van der Waals surface area contributed by atoms with Crippen LogP contribution >= 0.6 is 0 Å². The molecule has 0 aliphatic heterocycles. The van der Waals surface area contributed by atoms with E-state index in [-0.39, 0.29) is 17.7 Å². The fourth-order valence-electron chi connectivity index (χ4n) is 3.99. The Morgan fingerprint density at radius 1 is 1.22 bits per heavy atom. The highest BCUT2D eigenvalue weighted by Gasteiger charge is 2.51. The minimum Gasteiger partial charge on any atom is -0.481 e. The number of carboxylic acid groups (broad SMARTS) is 1. The predicted octanol–water partition coefficient (Wildman–Crippen LogP) is 3.66. The van der Waals surface area contributed by atoms with Crippen molar-refractivity contribution >= 4 is 17.6 Å². The zero-order valence-corrected chi connectivity index (χ0v) is 13.5. The zero-order valence-electron chi connectivity index (χ0n) is 13.5. The molecule has 23 heavy (non-hydrogen) atoms. The number of carboxylic acids is 1. The molecule has 4 nitrogen and oxygen atoms in total. The highest BCUT2D eigenvalue weighted by molar-refractivity contribution is 5.97. The molecule has 2 N–H and O–H groups in total. The third-order valence-electron chi connectivity index (χ3n) is 5.41. The Morgan fingerprint density at radius 2 is 1.87 bits per heavy atom. The van der Waals surface area contributed by atoms with Gasteiger partial charge in [-0.15, -0.1) is 0 Å². The summed E-state index contributed by atoms with van der Waals surface area (Å²) >= 11 is 0. The molecule has 4 heteroatoms. The van der Waals surface area contributed by atoms with E-state index in [0.29, 0.717) is 5.92 Å². The van der Waals surface area contributed by atoms with Gasteiger partial charge in [0.05, 0.1) is 11.8 Å². The van der Waals surface area contributed by atoms with Crippen molar-refractivity contribution in [2.45, 2.75) is 32.6 Å². The molecule has 0 saturated heterocycles. The quantitative estimate of drug-likeness (QED) is 0.815. The maximum absolute atomic E-state index is 12.8. The van der Waals surface area contributed by atoms with Crippen molar-refractivity contribution < 1.29 is 14.7 Å². The van der Waals surface area contributed by atoms with Gasteiger partial charge < -0.3 is 10.4 Å². The van der Waals surface area contributed by atoms with Crippen LogP contribution in [0.15, 0.2) is 36.4 Å². The van der Waals surface area contributed by atoms with Crippen LogP contribution in [0.4, 0.5) is 5.69 Å². The molecule has 122 valence electrons. The van der Waals surface area contributed by atoms with Gasteiger partial charge in [-0.2, -0.15) is 0 Å². The summed E-state index contributed by atoms with van der Waals surface area (Å²) in [6.07, 6.45) is 5.73. The number of allylic oxidation sites excluding steroid dienone is 2. The van der Waals surface area contributed by atoms with Crippen molar-refractivity contribution in [1.29, 1.82) is 0 Å². The summed E-state index contributed by atoms with van der Waals surface area (Å²) in [5, 5.41) is 12.5. The van der Waals surface area contributed by atoms with Crippen LogP contribution in [0.5, 0.6) is 0 Å². The van der Waals surface area contributed by atoms with Crippen molar-refractivity contribution in [1.82, 2.24) is 0 Å². The first kappa shape index (κ1) is 15.8. The lowest BCUT2D eigenvalue weighted by Crippen LogP contribution is -2.36. The van der Waals surface area contributed by atoms with Crippen LogP contribution in [0.1, 0.15) is 38.2 Å². The lowest BCUT2D eigenvalue weighted by molar-refractivity contribution is -0.146. The second-order valence-electron chi connectivity index (χ2n) is 6.72. The molecule has 2 aliphatic rings. The summed E-state index contributed by atoms with van der Waals surface area (Å²) < 4.78 is 0. The second kappa shape index (κ2) is 6.19. The Morgan fingerprint density at radius 3 is 2.52 bits per heavy atom. The fraction of sp³-hybridized carbons (Fsp3) is 0.474. The molecule has 1 aromatic rings. The number of carbonyl (C=O) groups excluding carboxylic acids is 1. The molecule has 1 saturated carbocycles. The number of rotatable bonds is 5. The number of anilines is 1. The number of carbonyl (C=O) groups is 2. The van der Waals surface area contributed by atoms with E-state index in [1.165, 1.54) is 0 Å². The van der Waals surface area contributed by atoms with E-state index in [1.807, 2.05) is 36.4 Å². The van der Waals surface area contributed by atoms with E-state index in [1.54, 1.807) is 0 Å². The Bertz CT molecular complexity index is 652. The molecule has 2 bridgehead atoms. The molecule has 1 fully saturated rings. The van der Waals surface area contributed by atoms with E-state index in [0.717, 1.165) is 24.1 Å². The van der Waals surface area contributed by atoms with Crippen LogP contribution in [0.2, 0.25) is 0 Å². The summed E-state index contributed by atoms with van der Waals surface area (Å²) in [5.41, 5.74) is 1.91. The molecule has 2 aliphatic carbocycles. The zero-order chi connectivity index (χ0) is 16.6. The summed E-state index contributed by atoms with van der Waals surface area (Å²) in [4.78, 5) is 24.3. The standard InChI is InChI=1S/C19H23NO3/c1-3-11(2)14-6-4-5-7-15(14)20-18(21)16-12-8-9-13(10-12)17(16)19(22)23/h4-9,11-13,16-17H,3,10H2,1-2H3,(H,20,21)(H,22,23)/t11-,12-,13+,16-,17+/m1/s1. The van der Waals surface area contributed by atoms with Crippen LogP contribution in [-0.2, 0) is 9.59 Å². The molecule has 1 amide bonds. The van der Waals surface area contributed by atoms with E-state index in [2.05, 4.69) is 19.2 Å². The number of nitrogens with one attached hydrogen (secondary N) is 1. The van der Waals surface area contributed by atoms with E-state index in [9.17, 15) is 14.7 Å². The van der Waals surface area contributed by atoms with Crippen molar-refractivity contribution in [3.05, 3.63) is 42.0 Å². The van der Waals surface area contributed by atoms with E-state index >= 15 is 0 Å². The van der Waals surface area contributed by atoms with Gasteiger partial charge in [0.15, 0.2) is 0 Å². The summed E-state index contributed by atoms with van der Waals surface area (Å²) in [7, 11) is 0. The Kier molecular flexibility index (Phi) is 4.24. The minimum atomic E-state index is -0.864. The molecular weight excluding hydrogens is 290 g/mol. The number of para-hydroxylation sites is 1. The third kappa shape index (κ3) is 2.78. The summed E-state index contributed by atoms with van der Waals surface area (Å²) in [6.45, 7) is 4.25. The van der Waals surface area contributed by atoms with Crippen LogP contribution in [0.25, 0.3) is 0 Å². The van der Waals surface area contributed by atoms with Gasteiger partial charge in [-0.25, -0.2) is 0 Å². The largest absolute Gasteiger partial charge is 0.481 e. The van der Waals surface area contributed by atoms with Crippen LogP contribution < -0.4 is 5.32 Å². The summed E-state index contributed by atoms with van der Waals surface area (Å²) in [5.74, 6) is -1.69. The molecule has 0 unspecified atom stereocenters. The predicted molar refractivity (Wildman–Crippen MR) is 89.1 cm³/mol. The molecule has 5 atom stereocenters. The lowest BCUT2D eigenvalue weighted by Gasteiger charge is -2.25. The first-order valence-electron chi connectivity index (χ1n) is 8.33. The van der Waals surface area contributed by atoms with Gasteiger partial charge in [0.25, 0.3) is 0 Å². The monoisotopic (exact) mass is 313 g/mol. The molecule has 3 rings (SSSR count). The van der Waals surface area contributed by atoms with Gasteiger partial charge in [-0.3, -0.25) is 9.59 Å². The highest BCUT2D eigenvalue weighted by atomic mass is 16.4. The van der Waals surface area contributed by atoms with Gasteiger partial charge in [0.2, 0.25) is 5.91 Å². The fourth-order valence-corrected chi connectivity index (χ4v) is 3.99. The van der Waals surface area contributed by atoms with Gasteiger partial charge in [0.1, 0.15) is 0 Å². The van der Waals surface area contributed by atoms with Gasteiger partial charge in [0, 0.05) is 5.69 Å². The van der Waals surface area contributed by atoms with Crippen molar-refractivity contribution in [2.24, 2.45) is 23.7 Å². The van der Waals surface area contributed by atoms with Crippen LogP contribution in [0.3, 0.4) is 0 Å². The van der Waals surface area contributed by atoms with Crippen molar-refractivity contribution in [3.63, 3.8) is 0 Å². The van der Waals surface area contributed by atoms with Crippen LogP contribution in [0, 0.1) is 23.7 Å². The van der Waals surface area contributed by atoms with E-state index in [4.69, 9.17) is 0 Å². The van der Waals surface area contributed by atoms with Crippen molar-refractivity contribution in [2.75, 3.05) is 5.32 Å². The molecule has 0 radical (unpaired) electrons. The van der Waals surface area contributed by atoms with Gasteiger partial charge in [-0.1, -0.05) is 44.2 Å². The Labute approximate surface area is 136 Å². The number of benzene rings is 1. The average Bonchev–Trinajstić information content (AvgIpc) is 3.15. The van der Waals surface area contributed by atoms with Crippen molar-refractivity contribution in [3.8, 4) is 0 Å². The highest BCUT2D eigenvalue weighted by Crippen LogP contribution is 2.48. The number of aliphatic carboxylic acids is 1. The number of fused-ring (bicyclic) bond motifs is 2. The van der Waals surface area contributed by atoms with Gasteiger partial charge in [-0.05, 0) is 42.2 Å². The lowest BCUT2D eigenvalue weighted by atomic mass is 9.82. The minimum absolute atomic E-state index is 0.00180. The first-order chi connectivity index (χ1) is 11.0. The normalized spacial score (nSPS) is 29.5. The van der Waals surface area contributed by atoms with Crippen LogP contribution in [-0.4, -0.2) is 17.0 Å². The maximum atomic E-state index is 12.8. The number of hydrogen-bond donors (Lipinski definition) is 2. The molecular formula is C19H23NO3. The maximum Gasteiger partial charge on any atom is 0.307 e. The Hall–Kier alpha value is -2.10. The smallest absolute Gasteiger partial charge is 0.307 e. The molecule has 0 spiro atoms. The molecule has 1 aromatic carbocycles. The SMILES string of the molecule is CC[C@@H](C)c1ccccc1NC(=O)[C@H]1[C@@H](C(=O)O)[C@H]2C=C[C@@H]1C2. The third-order valence-corrected chi connectivity index (χ3v) is 5.41. The first-order valence-corrected chi connectivity index (χ1v) is 8.33. The number of amides is 1. The topological polar surface area (TPSA) is 66.4 Å². The number of hydrogen-bond acceptors (Lipinski definition) is 2. The molecule has 0 heterocycles. The van der Waals surface area contributed by atoms with Gasteiger partial charge >= 0.3 is 5.97 Å². The molecule has 0 aromatic heterocycles. The average molecular weight is 313 g/mol. The second-order valence-corrected chi connectivity index (χ2v) is 6.72. The Balaban J connectivity index is 1.83. The van der Waals surface area contributed by atoms with E-state index < -0.39 is 17.8 Å². The summed E-state index contributed by atoms with van der Waals surface area (Å²) in [6, 6.07) is 7.80.